The molecule has 0 spiro atoms. The molecule has 4 N–H and O–H groups in total. The van der Waals surface area contributed by atoms with E-state index in [2.05, 4.69) is 25.5 Å². The molecule has 0 aromatic carbocycles. The molecule has 1 amide bonds. The number of carbonyl (C=O) groups is 1. The van der Waals surface area contributed by atoms with Gasteiger partial charge in [0.15, 0.2) is 0 Å². The van der Waals surface area contributed by atoms with Crippen molar-refractivity contribution in [3.8, 4) is 10.6 Å². The molecular weight excluding hydrogens is 414 g/mol. The zero-order valence-electron chi connectivity index (χ0n) is 15.8. The van der Waals surface area contributed by atoms with Gasteiger partial charge in [-0.05, 0) is 18.9 Å². The van der Waals surface area contributed by atoms with Crippen molar-refractivity contribution < 1.29 is 18.3 Å². The van der Waals surface area contributed by atoms with Crippen LogP contribution in [0.5, 0.6) is 0 Å². The summed E-state index contributed by atoms with van der Waals surface area (Å²) in [6, 6.07) is 0.783. The second-order valence-corrected chi connectivity index (χ2v) is 7.92. The predicted octanol–water partition coefficient (Wildman–Crippen LogP) is 2.71. The van der Waals surface area contributed by atoms with E-state index in [4.69, 9.17) is 10.5 Å². The molecule has 0 bridgehead atoms. The second kappa shape index (κ2) is 8.94. The minimum Gasteiger partial charge on any atom is -0.375 e. The number of nitrogens with two attached hydrogens (primary N) is 1. The third kappa shape index (κ3) is 4.69. The quantitative estimate of drug-likeness (QED) is 0.568. The first kappa shape index (κ1) is 20.5. The molecule has 158 valence electrons. The van der Waals surface area contributed by atoms with Gasteiger partial charge in [0.05, 0.1) is 36.5 Å². The molecule has 3 atom stereocenters. The monoisotopic (exact) mass is 434 g/mol. The number of aromatic amines is 1. The van der Waals surface area contributed by atoms with Gasteiger partial charge in [0.2, 0.25) is 0 Å². The standard InChI is InChI=1S/C19H20F2N6O2S/c20-11-3-10(5-23-6-11)19-26-17(9-30-19)18(28)25-16-7-24-27-15(16)4-12-1-2-14(22)13(21)8-29-12/h3,5-7,9,12-14H,1-2,4,8,22H2,(H,24,27)(H,25,28)/t12-,13+,14+/m0/s1. The number of hydrogen-bond donors (Lipinski definition) is 3. The molecule has 11 heteroatoms. The van der Waals surface area contributed by atoms with Gasteiger partial charge in [-0.3, -0.25) is 14.9 Å². The maximum Gasteiger partial charge on any atom is 0.275 e. The van der Waals surface area contributed by atoms with E-state index in [0.717, 1.165) is 6.20 Å². The van der Waals surface area contributed by atoms with E-state index in [-0.39, 0.29) is 18.4 Å². The van der Waals surface area contributed by atoms with Gasteiger partial charge >= 0.3 is 0 Å². The fourth-order valence-electron chi connectivity index (χ4n) is 3.18. The van der Waals surface area contributed by atoms with Crippen LogP contribution in [0.25, 0.3) is 10.6 Å². The molecule has 1 fully saturated rings. The molecule has 30 heavy (non-hydrogen) atoms. The van der Waals surface area contributed by atoms with Crippen LogP contribution < -0.4 is 11.1 Å². The van der Waals surface area contributed by atoms with Crippen LogP contribution in [0.1, 0.15) is 29.0 Å². The average Bonchev–Trinajstić information content (AvgIpc) is 3.36. The van der Waals surface area contributed by atoms with E-state index in [1.165, 1.54) is 29.8 Å². The number of pyridine rings is 1. The van der Waals surface area contributed by atoms with E-state index in [0.29, 0.717) is 41.2 Å². The third-order valence-electron chi connectivity index (χ3n) is 4.86. The van der Waals surface area contributed by atoms with Crippen molar-refractivity contribution in [3.05, 3.63) is 47.2 Å². The number of H-pyrrole nitrogens is 1. The highest BCUT2D eigenvalue weighted by Gasteiger charge is 2.26. The molecule has 0 radical (unpaired) electrons. The molecule has 1 aliphatic heterocycles. The lowest BCUT2D eigenvalue weighted by molar-refractivity contribution is 0.0295. The molecule has 3 aromatic rings. The minimum absolute atomic E-state index is 0.0435. The van der Waals surface area contributed by atoms with Crippen LogP contribution in [0.15, 0.2) is 30.0 Å². The summed E-state index contributed by atoms with van der Waals surface area (Å²) in [4.78, 5) is 20.7. The van der Waals surface area contributed by atoms with Crippen LogP contribution in [-0.2, 0) is 11.2 Å². The second-order valence-electron chi connectivity index (χ2n) is 7.06. The summed E-state index contributed by atoms with van der Waals surface area (Å²) < 4.78 is 32.7. The molecule has 0 aliphatic carbocycles. The number of aromatic nitrogens is 4. The van der Waals surface area contributed by atoms with Gasteiger partial charge in [-0.1, -0.05) is 0 Å². The number of anilines is 1. The van der Waals surface area contributed by atoms with E-state index in [1.807, 2.05) is 0 Å². The molecular formula is C19H20F2N6O2S. The van der Waals surface area contributed by atoms with Crippen molar-refractivity contribution in [2.75, 3.05) is 11.9 Å². The summed E-state index contributed by atoms with van der Waals surface area (Å²) in [6.07, 6.45) is 4.26. The Kier molecular flexibility index (Phi) is 6.11. The fourth-order valence-corrected chi connectivity index (χ4v) is 3.97. The fraction of sp³-hybridized carbons (Fsp3) is 0.368. The summed E-state index contributed by atoms with van der Waals surface area (Å²) in [6.45, 7) is -0.0435. The SMILES string of the molecule is N[C@@H]1CC[C@@H](Cc2[nH]ncc2NC(=O)c2csc(-c3cncc(F)c3)n2)OC[C@H]1F. The van der Waals surface area contributed by atoms with Gasteiger partial charge in [0.1, 0.15) is 22.7 Å². The Morgan fingerprint density at radius 1 is 1.37 bits per heavy atom. The number of thiazole rings is 1. The van der Waals surface area contributed by atoms with Gasteiger partial charge in [-0.15, -0.1) is 11.3 Å². The van der Waals surface area contributed by atoms with Crippen LogP contribution in [-0.4, -0.2) is 51.0 Å². The zero-order valence-corrected chi connectivity index (χ0v) is 16.7. The summed E-state index contributed by atoms with van der Waals surface area (Å²) >= 11 is 1.22. The smallest absolute Gasteiger partial charge is 0.275 e. The van der Waals surface area contributed by atoms with Gasteiger partial charge < -0.3 is 15.8 Å². The van der Waals surface area contributed by atoms with Crippen molar-refractivity contribution >= 4 is 22.9 Å². The van der Waals surface area contributed by atoms with E-state index >= 15 is 0 Å². The highest BCUT2D eigenvalue weighted by Crippen LogP contribution is 2.25. The Hall–Kier alpha value is -2.76. The van der Waals surface area contributed by atoms with Gasteiger partial charge in [0, 0.05) is 29.6 Å². The van der Waals surface area contributed by atoms with E-state index in [1.54, 1.807) is 5.38 Å². The molecule has 1 saturated heterocycles. The molecule has 0 unspecified atom stereocenters. The summed E-state index contributed by atoms with van der Waals surface area (Å²) in [5.74, 6) is -0.894. The lowest BCUT2D eigenvalue weighted by Crippen LogP contribution is -2.32. The molecule has 4 heterocycles. The van der Waals surface area contributed by atoms with E-state index < -0.39 is 23.9 Å². The summed E-state index contributed by atoms with van der Waals surface area (Å²) in [5, 5.41) is 11.7. The Morgan fingerprint density at radius 3 is 3.07 bits per heavy atom. The van der Waals surface area contributed by atoms with Crippen molar-refractivity contribution in [2.45, 2.75) is 37.6 Å². The number of amides is 1. The first-order valence-electron chi connectivity index (χ1n) is 9.41. The number of carbonyl (C=O) groups excluding carboxylic acids is 1. The maximum absolute atomic E-state index is 13.7. The third-order valence-corrected chi connectivity index (χ3v) is 5.76. The van der Waals surface area contributed by atoms with Crippen molar-refractivity contribution in [2.24, 2.45) is 5.73 Å². The Morgan fingerprint density at radius 2 is 2.23 bits per heavy atom. The summed E-state index contributed by atoms with van der Waals surface area (Å²) in [7, 11) is 0. The number of rotatable bonds is 5. The van der Waals surface area contributed by atoms with Crippen LogP contribution in [0.2, 0.25) is 0 Å². The molecule has 3 aromatic heterocycles. The number of ether oxygens (including phenoxy) is 1. The minimum atomic E-state index is -1.18. The normalized spacial score (nSPS) is 21.9. The predicted molar refractivity (Wildman–Crippen MR) is 107 cm³/mol. The number of hydrogen-bond acceptors (Lipinski definition) is 7. The largest absolute Gasteiger partial charge is 0.375 e. The van der Waals surface area contributed by atoms with Gasteiger partial charge in [0.25, 0.3) is 5.91 Å². The highest BCUT2D eigenvalue weighted by molar-refractivity contribution is 7.13. The lowest BCUT2D eigenvalue weighted by atomic mass is 10.0. The highest BCUT2D eigenvalue weighted by atomic mass is 32.1. The number of halogens is 2. The van der Waals surface area contributed by atoms with Crippen molar-refractivity contribution in [1.82, 2.24) is 20.2 Å². The lowest BCUT2D eigenvalue weighted by Gasteiger charge is -2.15. The Labute approximate surface area is 174 Å². The van der Waals surface area contributed by atoms with E-state index in [9.17, 15) is 13.6 Å². The molecule has 0 saturated carbocycles. The topological polar surface area (TPSA) is 119 Å². The molecule has 4 rings (SSSR count). The van der Waals surface area contributed by atoms with Crippen LogP contribution >= 0.6 is 11.3 Å². The zero-order chi connectivity index (χ0) is 21.1. The van der Waals surface area contributed by atoms with Crippen LogP contribution in [0.4, 0.5) is 14.5 Å². The number of nitrogens with one attached hydrogen (secondary N) is 2. The average molecular weight is 434 g/mol. The number of nitrogens with zero attached hydrogens (tertiary/aromatic N) is 3. The summed E-state index contributed by atoms with van der Waals surface area (Å²) in [5.41, 5.74) is 7.63. The Balaban J connectivity index is 1.42. The number of alkyl halides is 1. The molecule has 1 aliphatic rings. The van der Waals surface area contributed by atoms with Gasteiger partial charge in [-0.25, -0.2) is 13.8 Å². The first-order valence-corrected chi connectivity index (χ1v) is 10.3. The Bertz CT molecular complexity index is 1010. The van der Waals surface area contributed by atoms with Crippen LogP contribution in [0.3, 0.4) is 0 Å². The van der Waals surface area contributed by atoms with Crippen molar-refractivity contribution in [1.29, 1.82) is 0 Å². The molecule has 8 nitrogen and oxygen atoms in total. The van der Waals surface area contributed by atoms with Gasteiger partial charge in [-0.2, -0.15) is 5.10 Å². The first-order chi connectivity index (χ1) is 14.5. The van der Waals surface area contributed by atoms with Crippen molar-refractivity contribution in [3.63, 3.8) is 0 Å². The maximum atomic E-state index is 13.7. The van der Waals surface area contributed by atoms with Crippen LogP contribution in [0, 0.1) is 5.82 Å².